The smallest absolute Gasteiger partial charge is 0.255 e. The Hall–Kier alpha value is -4.59. The van der Waals surface area contributed by atoms with E-state index in [4.69, 9.17) is 9.47 Å². The van der Waals surface area contributed by atoms with Gasteiger partial charge in [-0.05, 0) is 74.0 Å². The summed E-state index contributed by atoms with van der Waals surface area (Å²) in [6.07, 6.45) is 0. The maximum atomic E-state index is 13.8. The molecule has 1 aliphatic heterocycles. The highest BCUT2D eigenvalue weighted by atomic mass is 19.1. The molecule has 1 aromatic heterocycles. The number of halogens is 1. The third-order valence-electron chi connectivity index (χ3n) is 7.36. The van der Waals surface area contributed by atoms with Crippen molar-refractivity contribution in [3.63, 3.8) is 0 Å². The molecule has 5 rings (SSSR count). The van der Waals surface area contributed by atoms with Gasteiger partial charge in [-0.25, -0.2) is 4.39 Å². The largest absolute Gasteiger partial charge is 0.497 e. The monoisotopic (exact) mass is 541 g/mol. The third kappa shape index (κ3) is 5.30. The van der Waals surface area contributed by atoms with Crippen molar-refractivity contribution in [3.8, 4) is 28.4 Å². The number of methoxy groups -OCH3 is 2. The molecule has 0 atom stereocenters. The van der Waals surface area contributed by atoms with Gasteiger partial charge < -0.3 is 23.8 Å². The van der Waals surface area contributed by atoms with Gasteiger partial charge in [0.25, 0.3) is 11.8 Å². The van der Waals surface area contributed by atoms with E-state index in [9.17, 15) is 14.0 Å². The van der Waals surface area contributed by atoms with Crippen molar-refractivity contribution in [1.82, 2.24) is 14.4 Å². The highest BCUT2D eigenvalue weighted by Crippen LogP contribution is 2.31. The van der Waals surface area contributed by atoms with Crippen LogP contribution in [0.2, 0.25) is 0 Å². The molecular formula is C32H32FN3O4. The van der Waals surface area contributed by atoms with E-state index in [2.05, 4.69) is 0 Å². The second kappa shape index (κ2) is 11.3. The van der Waals surface area contributed by atoms with Crippen LogP contribution in [0.4, 0.5) is 4.39 Å². The van der Waals surface area contributed by atoms with Gasteiger partial charge in [0.05, 0.1) is 25.5 Å². The molecule has 0 bridgehead atoms. The first-order valence-corrected chi connectivity index (χ1v) is 13.2. The molecule has 7 nitrogen and oxygen atoms in total. The predicted molar refractivity (Wildman–Crippen MR) is 152 cm³/mol. The van der Waals surface area contributed by atoms with E-state index in [0.717, 1.165) is 28.2 Å². The van der Waals surface area contributed by atoms with Gasteiger partial charge in [0, 0.05) is 49.2 Å². The first-order chi connectivity index (χ1) is 19.3. The number of ether oxygens (including phenoxy) is 2. The quantitative estimate of drug-likeness (QED) is 0.323. The van der Waals surface area contributed by atoms with Gasteiger partial charge in [0.2, 0.25) is 0 Å². The molecule has 40 heavy (non-hydrogen) atoms. The second-order valence-corrected chi connectivity index (χ2v) is 9.89. The fourth-order valence-corrected chi connectivity index (χ4v) is 5.08. The topological polar surface area (TPSA) is 64.0 Å². The second-order valence-electron chi connectivity index (χ2n) is 9.89. The van der Waals surface area contributed by atoms with Gasteiger partial charge in [0.15, 0.2) is 0 Å². The fraction of sp³-hybridized carbons (Fsp3) is 0.250. The molecule has 0 saturated carbocycles. The van der Waals surface area contributed by atoms with Crippen molar-refractivity contribution in [2.75, 3.05) is 40.4 Å². The number of nitrogens with zero attached hydrogens (tertiary/aromatic N) is 3. The lowest BCUT2D eigenvalue weighted by Crippen LogP contribution is -2.50. The molecule has 0 radical (unpaired) electrons. The summed E-state index contributed by atoms with van der Waals surface area (Å²) >= 11 is 0. The number of rotatable bonds is 6. The van der Waals surface area contributed by atoms with E-state index in [1.165, 1.54) is 12.1 Å². The molecule has 3 aromatic carbocycles. The molecule has 0 aliphatic carbocycles. The summed E-state index contributed by atoms with van der Waals surface area (Å²) in [6.45, 7) is 5.59. The summed E-state index contributed by atoms with van der Waals surface area (Å²) in [4.78, 5) is 30.5. The average molecular weight is 542 g/mol. The van der Waals surface area contributed by atoms with E-state index < -0.39 is 0 Å². The Morgan fingerprint density at radius 1 is 0.725 bits per heavy atom. The number of carbonyl (C=O) groups excluding carboxylic acids is 2. The van der Waals surface area contributed by atoms with Crippen LogP contribution in [-0.2, 0) is 0 Å². The SMILES string of the molecule is COc1cc(OC)cc(C(=O)N2CCN(C(=O)c3cc(-c4ccc(F)cc4)n(-c4ccc(C)cc4)c3C)CC2)c1. The fourth-order valence-electron chi connectivity index (χ4n) is 5.08. The summed E-state index contributed by atoms with van der Waals surface area (Å²) in [5, 5.41) is 0. The van der Waals surface area contributed by atoms with Crippen LogP contribution in [-0.4, -0.2) is 66.6 Å². The number of aromatic nitrogens is 1. The van der Waals surface area contributed by atoms with Gasteiger partial charge in [-0.15, -0.1) is 0 Å². The Balaban J connectivity index is 1.39. The van der Waals surface area contributed by atoms with Gasteiger partial charge >= 0.3 is 0 Å². The lowest BCUT2D eigenvalue weighted by molar-refractivity contribution is 0.0535. The molecule has 1 saturated heterocycles. The minimum atomic E-state index is -0.315. The van der Waals surface area contributed by atoms with Crippen molar-refractivity contribution in [2.24, 2.45) is 0 Å². The number of amides is 2. The van der Waals surface area contributed by atoms with Crippen LogP contribution in [0.15, 0.2) is 72.8 Å². The summed E-state index contributed by atoms with van der Waals surface area (Å²) in [5.41, 5.74) is 5.54. The van der Waals surface area contributed by atoms with Crippen LogP contribution in [0.5, 0.6) is 11.5 Å². The maximum Gasteiger partial charge on any atom is 0.255 e. The Morgan fingerprint density at radius 2 is 1.27 bits per heavy atom. The lowest BCUT2D eigenvalue weighted by atomic mass is 10.1. The average Bonchev–Trinajstić information content (AvgIpc) is 3.33. The van der Waals surface area contributed by atoms with Gasteiger partial charge in [0.1, 0.15) is 17.3 Å². The van der Waals surface area contributed by atoms with Crippen LogP contribution in [0.3, 0.4) is 0 Å². The minimum Gasteiger partial charge on any atom is -0.497 e. The molecule has 1 fully saturated rings. The van der Waals surface area contributed by atoms with Crippen molar-refractivity contribution >= 4 is 11.8 Å². The number of aryl methyl sites for hydroxylation is 1. The normalized spacial score (nSPS) is 13.3. The van der Waals surface area contributed by atoms with Crippen molar-refractivity contribution in [1.29, 1.82) is 0 Å². The van der Waals surface area contributed by atoms with Crippen LogP contribution in [0, 0.1) is 19.7 Å². The van der Waals surface area contributed by atoms with E-state index in [1.807, 2.05) is 48.7 Å². The zero-order chi connectivity index (χ0) is 28.4. The first kappa shape index (κ1) is 27.0. The van der Waals surface area contributed by atoms with E-state index in [0.29, 0.717) is 48.8 Å². The third-order valence-corrected chi connectivity index (χ3v) is 7.36. The zero-order valence-corrected chi connectivity index (χ0v) is 23.1. The number of carbonyl (C=O) groups is 2. The Bertz CT molecular complexity index is 1510. The molecule has 0 N–H and O–H groups in total. The predicted octanol–water partition coefficient (Wildman–Crippen LogP) is 5.52. The van der Waals surface area contributed by atoms with E-state index in [1.54, 1.807) is 54.4 Å². The van der Waals surface area contributed by atoms with Crippen LogP contribution in [0.25, 0.3) is 16.9 Å². The molecule has 0 spiro atoms. The standard InChI is InChI=1S/C32H32FN3O4/c1-21-5-11-26(12-6-21)36-22(2)29(20-30(36)23-7-9-25(33)10-8-23)32(38)35-15-13-34(14-16-35)31(37)24-17-27(39-3)19-28(18-24)40-4/h5-12,17-20H,13-16H2,1-4H3. The minimum absolute atomic E-state index is 0.0955. The van der Waals surface area contributed by atoms with Crippen molar-refractivity contribution in [2.45, 2.75) is 13.8 Å². The van der Waals surface area contributed by atoms with Gasteiger partial charge in [-0.2, -0.15) is 0 Å². The molecule has 8 heteroatoms. The molecule has 206 valence electrons. The van der Waals surface area contributed by atoms with Crippen LogP contribution >= 0.6 is 0 Å². The molecule has 2 amide bonds. The number of benzene rings is 3. The highest BCUT2D eigenvalue weighted by molar-refractivity contribution is 5.98. The first-order valence-electron chi connectivity index (χ1n) is 13.2. The van der Waals surface area contributed by atoms with Crippen LogP contribution in [0.1, 0.15) is 32.0 Å². The molecule has 0 unspecified atom stereocenters. The number of hydrogen-bond acceptors (Lipinski definition) is 4. The van der Waals surface area contributed by atoms with Crippen molar-refractivity contribution in [3.05, 3.63) is 101 Å². The van der Waals surface area contributed by atoms with Gasteiger partial charge in [-0.1, -0.05) is 17.7 Å². The Labute approximate surface area is 233 Å². The summed E-state index contributed by atoms with van der Waals surface area (Å²) in [5.74, 6) is 0.542. The zero-order valence-electron chi connectivity index (χ0n) is 23.1. The van der Waals surface area contributed by atoms with Crippen molar-refractivity contribution < 1.29 is 23.5 Å². The molecular weight excluding hydrogens is 509 g/mol. The Kier molecular flexibility index (Phi) is 7.60. The molecule has 2 heterocycles. The molecule has 4 aromatic rings. The van der Waals surface area contributed by atoms with Crippen LogP contribution < -0.4 is 9.47 Å². The number of hydrogen-bond donors (Lipinski definition) is 0. The lowest BCUT2D eigenvalue weighted by Gasteiger charge is -2.35. The van der Waals surface area contributed by atoms with E-state index >= 15 is 0 Å². The highest BCUT2D eigenvalue weighted by Gasteiger charge is 2.29. The molecule has 1 aliphatic rings. The Morgan fingerprint density at radius 3 is 1.82 bits per heavy atom. The maximum absolute atomic E-state index is 13.8. The number of piperazine rings is 1. The summed E-state index contributed by atoms with van der Waals surface area (Å²) in [6, 6.07) is 21.4. The summed E-state index contributed by atoms with van der Waals surface area (Å²) in [7, 11) is 3.09. The van der Waals surface area contributed by atoms with E-state index in [-0.39, 0.29) is 17.6 Å². The van der Waals surface area contributed by atoms with Gasteiger partial charge in [-0.3, -0.25) is 9.59 Å². The summed E-state index contributed by atoms with van der Waals surface area (Å²) < 4.78 is 26.3.